The molecule has 1 atom stereocenters. The van der Waals surface area contributed by atoms with Crippen LogP contribution in [0.4, 0.5) is 0 Å². The topological polar surface area (TPSA) is 98.2 Å². The summed E-state index contributed by atoms with van der Waals surface area (Å²) in [6.45, 7) is 4.99. The molecule has 8 nitrogen and oxygen atoms in total. The molecule has 36 heavy (non-hydrogen) atoms. The van der Waals surface area contributed by atoms with E-state index < -0.39 is 17.7 Å². The van der Waals surface area contributed by atoms with Crippen LogP contribution in [0.15, 0.2) is 85.2 Å². The van der Waals surface area contributed by atoms with Crippen molar-refractivity contribution in [2.75, 3.05) is 19.8 Å². The van der Waals surface area contributed by atoms with Gasteiger partial charge in [0.05, 0.1) is 11.6 Å². The summed E-state index contributed by atoms with van der Waals surface area (Å²) in [7, 11) is 0. The fourth-order valence-corrected chi connectivity index (χ4v) is 4.32. The first-order valence-corrected chi connectivity index (χ1v) is 11.5. The molecule has 5 rings (SSSR count). The van der Waals surface area contributed by atoms with Crippen molar-refractivity contribution in [2.45, 2.75) is 12.6 Å². The molecule has 1 amide bonds. The zero-order valence-corrected chi connectivity index (χ0v) is 19.4. The van der Waals surface area contributed by atoms with Crippen molar-refractivity contribution >= 4 is 17.4 Å². The molecule has 8 heteroatoms. The third kappa shape index (κ3) is 4.40. The SMILES string of the molecule is C=CCOc1ccc(C2C(=C(O)c3ccc4c(c3)OCCO4)C(=O)C(=O)N2Cc2ccncc2)cc1. The van der Waals surface area contributed by atoms with Gasteiger partial charge in [-0.2, -0.15) is 0 Å². The number of carbonyl (C=O) groups is 2. The second-order valence-corrected chi connectivity index (χ2v) is 8.31. The van der Waals surface area contributed by atoms with Crippen LogP contribution in [0.1, 0.15) is 22.7 Å². The number of carbonyl (C=O) groups excluding carboxylic acids is 2. The number of pyridine rings is 1. The minimum absolute atomic E-state index is 0.00509. The molecule has 3 heterocycles. The zero-order valence-electron chi connectivity index (χ0n) is 19.4. The molecule has 1 saturated heterocycles. The average molecular weight is 485 g/mol. The Hall–Kier alpha value is -4.59. The maximum absolute atomic E-state index is 13.3. The van der Waals surface area contributed by atoms with E-state index in [0.29, 0.717) is 48.2 Å². The van der Waals surface area contributed by atoms with Crippen molar-refractivity contribution in [3.05, 3.63) is 102 Å². The Labute approximate surface area is 208 Å². The van der Waals surface area contributed by atoms with Gasteiger partial charge < -0.3 is 24.2 Å². The van der Waals surface area contributed by atoms with Crippen molar-refractivity contribution in [3.8, 4) is 17.2 Å². The van der Waals surface area contributed by atoms with Gasteiger partial charge in [-0.15, -0.1) is 0 Å². The Morgan fingerprint density at radius 3 is 2.50 bits per heavy atom. The van der Waals surface area contributed by atoms with Gasteiger partial charge in [0.1, 0.15) is 31.3 Å². The molecular weight excluding hydrogens is 460 g/mol. The van der Waals surface area contributed by atoms with E-state index in [1.807, 2.05) is 0 Å². The third-order valence-electron chi connectivity index (χ3n) is 6.02. The van der Waals surface area contributed by atoms with Gasteiger partial charge in [-0.1, -0.05) is 24.8 Å². The van der Waals surface area contributed by atoms with Gasteiger partial charge in [0, 0.05) is 24.5 Å². The van der Waals surface area contributed by atoms with Gasteiger partial charge in [-0.25, -0.2) is 0 Å². The minimum atomic E-state index is -0.806. The second-order valence-electron chi connectivity index (χ2n) is 8.31. The maximum Gasteiger partial charge on any atom is 0.295 e. The summed E-state index contributed by atoms with van der Waals surface area (Å²) < 4.78 is 16.8. The molecule has 182 valence electrons. The lowest BCUT2D eigenvalue weighted by molar-refractivity contribution is -0.140. The first kappa shape index (κ1) is 23.2. The number of aliphatic hydroxyl groups excluding tert-OH is 1. The summed E-state index contributed by atoms with van der Waals surface area (Å²) in [5, 5.41) is 11.3. The first-order chi connectivity index (χ1) is 17.6. The molecule has 2 aliphatic rings. The Balaban J connectivity index is 1.59. The number of amides is 1. The Bertz CT molecular complexity index is 1330. The van der Waals surface area contributed by atoms with Crippen molar-refractivity contribution in [3.63, 3.8) is 0 Å². The molecule has 3 aromatic rings. The number of aromatic nitrogens is 1. The fourth-order valence-electron chi connectivity index (χ4n) is 4.32. The molecule has 0 bridgehead atoms. The number of ketones is 1. The zero-order chi connectivity index (χ0) is 25.1. The van der Waals surface area contributed by atoms with Crippen LogP contribution < -0.4 is 14.2 Å². The fraction of sp³-hybridized carbons (Fsp3) is 0.179. The van der Waals surface area contributed by atoms with E-state index in [2.05, 4.69) is 11.6 Å². The predicted molar refractivity (Wildman–Crippen MR) is 132 cm³/mol. The average Bonchev–Trinajstić information content (AvgIpc) is 3.17. The molecule has 0 aliphatic carbocycles. The van der Waals surface area contributed by atoms with Crippen LogP contribution in [0.2, 0.25) is 0 Å². The molecule has 1 N–H and O–H groups in total. The van der Waals surface area contributed by atoms with Gasteiger partial charge in [-0.3, -0.25) is 14.6 Å². The smallest absolute Gasteiger partial charge is 0.295 e. The lowest BCUT2D eigenvalue weighted by atomic mass is 9.95. The summed E-state index contributed by atoms with van der Waals surface area (Å²) in [5.41, 5.74) is 1.83. The number of Topliss-reactive ketones (excluding diaryl/α,β-unsaturated/α-hetero) is 1. The van der Waals surface area contributed by atoms with Crippen LogP contribution in [0, 0.1) is 0 Å². The Morgan fingerprint density at radius 2 is 1.78 bits per heavy atom. The third-order valence-corrected chi connectivity index (χ3v) is 6.02. The van der Waals surface area contributed by atoms with E-state index in [4.69, 9.17) is 14.2 Å². The number of hydrogen-bond acceptors (Lipinski definition) is 7. The van der Waals surface area contributed by atoms with Crippen LogP contribution in [0.3, 0.4) is 0 Å². The number of ether oxygens (including phenoxy) is 3. The largest absolute Gasteiger partial charge is 0.507 e. The maximum atomic E-state index is 13.3. The number of rotatable bonds is 7. The lowest BCUT2D eigenvalue weighted by Crippen LogP contribution is -2.29. The quantitative estimate of drug-likeness (QED) is 0.234. The highest BCUT2D eigenvalue weighted by molar-refractivity contribution is 6.46. The summed E-state index contributed by atoms with van der Waals surface area (Å²) in [4.78, 5) is 32.0. The van der Waals surface area contributed by atoms with Crippen LogP contribution >= 0.6 is 0 Å². The highest BCUT2D eigenvalue weighted by Crippen LogP contribution is 2.42. The van der Waals surface area contributed by atoms with E-state index in [1.54, 1.807) is 73.1 Å². The van der Waals surface area contributed by atoms with E-state index >= 15 is 0 Å². The van der Waals surface area contributed by atoms with Gasteiger partial charge in [-0.05, 0) is 53.6 Å². The number of aliphatic hydroxyl groups is 1. The monoisotopic (exact) mass is 484 g/mol. The van der Waals surface area contributed by atoms with E-state index in [9.17, 15) is 14.7 Å². The number of fused-ring (bicyclic) bond motifs is 1. The Morgan fingerprint density at radius 1 is 1.06 bits per heavy atom. The standard InChI is InChI=1S/C28H24N2O6/c1-2-13-34-21-6-3-19(4-7-21)25-24(26(31)20-5-8-22-23(16-20)36-15-14-35-22)27(32)28(33)30(25)17-18-9-11-29-12-10-18/h2-12,16,25,31H,1,13-15,17H2. The molecule has 2 aliphatic heterocycles. The van der Waals surface area contributed by atoms with Crippen molar-refractivity contribution in [1.82, 2.24) is 9.88 Å². The molecule has 0 spiro atoms. The molecular formula is C28H24N2O6. The normalized spacial score (nSPS) is 18.2. The van der Waals surface area contributed by atoms with Crippen LogP contribution in [-0.2, 0) is 16.1 Å². The molecule has 0 saturated carbocycles. The first-order valence-electron chi connectivity index (χ1n) is 11.5. The van der Waals surface area contributed by atoms with Crippen LogP contribution in [-0.4, -0.2) is 46.5 Å². The summed E-state index contributed by atoms with van der Waals surface area (Å²) in [6.07, 6.45) is 4.90. The Kier molecular flexibility index (Phi) is 6.40. The van der Waals surface area contributed by atoms with E-state index in [1.165, 1.54) is 4.90 Å². The van der Waals surface area contributed by atoms with Crippen molar-refractivity contribution < 1.29 is 28.9 Å². The number of nitrogens with zero attached hydrogens (tertiary/aromatic N) is 2. The van der Waals surface area contributed by atoms with Gasteiger partial charge in [0.2, 0.25) is 0 Å². The molecule has 2 aromatic carbocycles. The van der Waals surface area contributed by atoms with Crippen LogP contribution in [0.5, 0.6) is 17.2 Å². The molecule has 1 aromatic heterocycles. The molecule has 0 radical (unpaired) electrons. The molecule has 1 fully saturated rings. The van der Waals surface area contributed by atoms with Crippen LogP contribution in [0.25, 0.3) is 5.76 Å². The highest BCUT2D eigenvalue weighted by Gasteiger charge is 2.46. The van der Waals surface area contributed by atoms with Gasteiger partial charge in [0.15, 0.2) is 11.5 Å². The summed E-state index contributed by atoms with van der Waals surface area (Å²) in [5.74, 6) is -0.0772. The predicted octanol–water partition coefficient (Wildman–Crippen LogP) is 4.04. The van der Waals surface area contributed by atoms with Crippen molar-refractivity contribution in [1.29, 1.82) is 0 Å². The lowest BCUT2D eigenvalue weighted by Gasteiger charge is -2.25. The van der Waals surface area contributed by atoms with E-state index in [-0.39, 0.29) is 17.9 Å². The number of likely N-dealkylation sites (tertiary alicyclic amines) is 1. The van der Waals surface area contributed by atoms with Crippen molar-refractivity contribution in [2.24, 2.45) is 0 Å². The molecule has 1 unspecified atom stereocenters. The van der Waals surface area contributed by atoms with Gasteiger partial charge >= 0.3 is 0 Å². The van der Waals surface area contributed by atoms with E-state index in [0.717, 1.165) is 5.56 Å². The number of benzene rings is 2. The number of hydrogen-bond donors (Lipinski definition) is 1. The minimum Gasteiger partial charge on any atom is -0.507 e. The second kappa shape index (κ2) is 9.95. The summed E-state index contributed by atoms with van der Waals surface area (Å²) >= 11 is 0. The van der Waals surface area contributed by atoms with Gasteiger partial charge in [0.25, 0.3) is 11.7 Å². The summed E-state index contributed by atoms with van der Waals surface area (Å²) in [6, 6.07) is 14.8. The highest BCUT2D eigenvalue weighted by atomic mass is 16.6.